The lowest BCUT2D eigenvalue weighted by atomic mass is 9.93. The van der Waals surface area contributed by atoms with Crippen LogP contribution in [0.3, 0.4) is 0 Å². The summed E-state index contributed by atoms with van der Waals surface area (Å²) in [5, 5.41) is 12.8. The maximum absolute atomic E-state index is 11.9. The molecule has 0 aliphatic heterocycles. The number of aliphatic hydroxyl groups excluding tert-OH is 1. The third kappa shape index (κ3) is 4.52. The number of carbonyl (C=O) groups is 1. The first-order valence-corrected chi connectivity index (χ1v) is 6.90. The minimum atomic E-state index is -0.523. The highest BCUT2D eigenvalue weighted by atomic mass is 16.3. The fourth-order valence-corrected chi connectivity index (χ4v) is 2.35. The van der Waals surface area contributed by atoms with Gasteiger partial charge in [-0.3, -0.25) is 4.79 Å². The van der Waals surface area contributed by atoms with Crippen LogP contribution in [0.5, 0.6) is 0 Å². The van der Waals surface area contributed by atoms with Crippen LogP contribution in [0.4, 0.5) is 0 Å². The Balaban J connectivity index is 1.72. The molecular weight excluding hydrogens is 238 g/mol. The molecular formula is C16H21NO2. The number of aliphatic hydroxyl groups is 1. The molecule has 1 aliphatic rings. The molecule has 0 spiro atoms. The van der Waals surface area contributed by atoms with Crippen LogP contribution in [-0.4, -0.2) is 23.7 Å². The molecule has 0 saturated carbocycles. The molecule has 0 fully saturated rings. The molecule has 3 nitrogen and oxygen atoms in total. The van der Waals surface area contributed by atoms with Gasteiger partial charge in [-0.2, -0.15) is 0 Å². The first kappa shape index (κ1) is 13.8. The van der Waals surface area contributed by atoms with Crippen molar-refractivity contribution in [2.24, 2.45) is 5.92 Å². The number of allylic oxidation sites excluding steroid dienone is 2. The lowest BCUT2D eigenvalue weighted by Gasteiger charge is -2.18. The number of nitrogens with one attached hydrogen (secondary N) is 1. The fourth-order valence-electron chi connectivity index (χ4n) is 2.35. The van der Waals surface area contributed by atoms with Gasteiger partial charge in [0.25, 0.3) is 0 Å². The molecule has 2 atom stereocenters. The van der Waals surface area contributed by atoms with Crippen LogP contribution in [0, 0.1) is 5.92 Å². The van der Waals surface area contributed by atoms with E-state index in [1.54, 1.807) is 0 Å². The molecule has 1 aliphatic carbocycles. The first-order valence-electron chi connectivity index (χ1n) is 6.90. The maximum atomic E-state index is 11.9. The molecule has 0 aromatic heterocycles. The van der Waals surface area contributed by atoms with Crippen LogP contribution in [0.15, 0.2) is 42.5 Å². The highest BCUT2D eigenvalue weighted by molar-refractivity contribution is 5.78. The van der Waals surface area contributed by atoms with E-state index in [4.69, 9.17) is 0 Å². The third-order valence-corrected chi connectivity index (χ3v) is 3.47. The Morgan fingerprint density at radius 3 is 2.79 bits per heavy atom. The van der Waals surface area contributed by atoms with Crippen molar-refractivity contribution in [3.8, 4) is 0 Å². The van der Waals surface area contributed by atoms with Gasteiger partial charge in [-0.15, -0.1) is 0 Å². The lowest BCUT2D eigenvalue weighted by Crippen LogP contribution is -2.37. The molecule has 19 heavy (non-hydrogen) atoms. The van der Waals surface area contributed by atoms with Gasteiger partial charge in [0.05, 0.1) is 6.10 Å². The Morgan fingerprint density at radius 2 is 2.11 bits per heavy atom. The number of benzene rings is 1. The number of amides is 1. The molecule has 2 unspecified atom stereocenters. The zero-order valence-corrected chi connectivity index (χ0v) is 11.1. The molecule has 2 N–H and O–H groups in total. The van der Waals surface area contributed by atoms with Gasteiger partial charge in [-0.25, -0.2) is 0 Å². The van der Waals surface area contributed by atoms with E-state index in [0.717, 1.165) is 24.8 Å². The second kappa shape index (κ2) is 7.10. The second-order valence-corrected chi connectivity index (χ2v) is 5.07. The number of hydrogen-bond acceptors (Lipinski definition) is 2. The van der Waals surface area contributed by atoms with Gasteiger partial charge in [0, 0.05) is 18.9 Å². The van der Waals surface area contributed by atoms with E-state index in [9.17, 15) is 9.90 Å². The molecule has 3 heteroatoms. The van der Waals surface area contributed by atoms with Crippen LogP contribution < -0.4 is 5.32 Å². The standard InChI is InChI=1S/C16H21NO2/c18-15(11-13-7-3-1-4-8-13)12-17-16(19)14-9-5-2-6-10-14/h1-5,7-8,14-15,18H,6,9-12H2,(H,17,19). The van der Waals surface area contributed by atoms with Crippen LogP contribution in [-0.2, 0) is 11.2 Å². The van der Waals surface area contributed by atoms with Gasteiger partial charge in [0.15, 0.2) is 0 Å². The van der Waals surface area contributed by atoms with Gasteiger partial charge in [0.1, 0.15) is 0 Å². The SMILES string of the molecule is O=C(NCC(O)Cc1ccccc1)C1CC=CCC1. The average molecular weight is 259 g/mol. The molecule has 0 heterocycles. The highest BCUT2D eigenvalue weighted by Gasteiger charge is 2.19. The predicted octanol–water partition coefficient (Wildman–Crippen LogP) is 2.06. The van der Waals surface area contributed by atoms with Gasteiger partial charge in [0.2, 0.25) is 5.91 Å². The molecule has 1 aromatic carbocycles. The predicted molar refractivity (Wildman–Crippen MR) is 75.6 cm³/mol. The topological polar surface area (TPSA) is 49.3 Å². The molecule has 0 radical (unpaired) electrons. The second-order valence-electron chi connectivity index (χ2n) is 5.07. The van der Waals surface area contributed by atoms with Crippen molar-refractivity contribution < 1.29 is 9.90 Å². The van der Waals surface area contributed by atoms with E-state index in [-0.39, 0.29) is 11.8 Å². The van der Waals surface area contributed by atoms with Gasteiger partial charge >= 0.3 is 0 Å². The molecule has 2 rings (SSSR count). The number of rotatable bonds is 5. The minimum Gasteiger partial charge on any atom is -0.391 e. The van der Waals surface area contributed by atoms with Gasteiger partial charge < -0.3 is 10.4 Å². The minimum absolute atomic E-state index is 0.0662. The van der Waals surface area contributed by atoms with Crippen molar-refractivity contribution in [1.82, 2.24) is 5.32 Å². The summed E-state index contributed by atoms with van der Waals surface area (Å²) >= 11 is 0. The Labute approximate surface area is 114 Å². The first-order chi connectivity index (χ1) is 9.25. The van der Waals surface area contributed by atoms with E-state index in [2.05, 4.69) is 17.5 Å². The van der Waals surface area contributed by atoms with Crippen molar-refractivity contribution in [3.05, 3.63) is 48.0 Å². The van der Waals surface area contributed by atoms with Crippen LogP contribution >= 0.6 is 0 Å². The van der Waals surface area contributed by atoms with E-state index >= 15 is 0 Å². The van der Waals surface area contributed by atoms with Crippen LogP contribution in [0.2, 0.25) is 0 Å². The number of carbonyl (C=O) groups excluding carboxylic acids is 1. The molecule has 1 amide bonds. The average Bonchev–Trinajstić information content (AvgIpc) is 2.47. The summed E-state index contributed by atoms with van der Waals surface area (Å²) in [6.07, 6.45) is 6.95. The van der Waals surface area contributed by atoms with Crippen molar-refractivity contribution in [3.63, 3.8) is 0 Å². The van der Waals surface area contributed by atoms with Crippen LogP contribution in [0.25, 0.3) is 0 Å². The quantitative estimate of drug-likeness (QED) is 0.795. The molecule has 0 saturated heterocycles. The van der Waals surface area contributed by atoms with Crippen molar-refractivity contribution >= 4 is 5.91 Å². The Morgan fingerprint density at radius 1 is 1.32 bits per heavy atom. The van der Waals surface area contributed by atoms with E-state index in [1.807, 2.05) is 30.3 Å². The molecule has 1 aromatic rings. The van der Waals surface area contributed by atoms with E-state index in [1.165, 1.54) is 0 Å². The summed E-state index contributed by atoms with van der Waals surface area (Å²) in [6, 6.07) is 9.83. The third-order valence-electron chi connectivity index (χ3n) is 3.47. The highest BCUT2D eigenvalue weighted by Crippen LogP contribution is 2.17. The number of hydrogen-bond donors (Lipinski definition) is 2. The molecule has 102 valence electrons. The van der Waals surface area contributed by atoms with E-state index in [0.29, 0.717) is 13.0 Å². The maximum Gasteiger partial charge on any atom is 0.223 e. The lowest BCUT2D eigenvalue weighted by molar-refractivity contribution is -0.125. The van der Waals surface area contributed by atoms with Crippen molar-refractivity contribution in [1.29, 1.82) is 0 Å². The van der Waals surface area contributed by atoms with Crippen molar-refractivity contribution in [2.75, 3.05) is 6.54 Å². The summed E-state index contributed by atoms with van der Waals surface area (Å²) < 4.78 is 0. The van der Waals surface area contributed by atoms with Gasteiger partial charge in [-0.05, 0) is 24.8 Å². The fraction of sp³-hybridized carbons (Fsp3) is 0.438. The largest absolute Gasteiger partial charge is 0.391 e. The van der Waals surface area contributed by atoms with Crippen molar-refractivity contribution in [2.45, 2.75) is 31.8 Å². The van der Waals surface area contributed by atoms with Gasteiger partial charge in [-0.1, -0.05) is 42.5 Å². The van der Waals surface area contributed by atoms with Crippen LogP contribution in [0.1, 0.15) is 24.8 Å². The Bertz CT molecular complexity index is 428. The summed E-state index contributed by atoms with van der Waals surface area (Å²) in [5.74, 6) is 0.144. The smallest absolute Gasteiger partial charge is 0.223 e. The summed E-state index contributed by atoms with van der Waals surface area (Å²) in [6.45, 7) is 0.327. The normalized spacial score (nSPS) is 19.9. The molecule has 0 bridgehead atoms. The van der Waals surface area contributed by atoms with E-state index < -0.39 is 6.10 Å². The monoisotopic (exact) mass is 259 g/mol. The zero-order valence-electron chi connectivity index (χ0n) is 11.1. The summed E-state index contributed by atoms with van der Waals surface area (Å²) in [4.78, 5) is 11.9. The zero-order chi connectivity index (χ0) is 13.5. The summed E-state index contributed by atoms with van der Waals surface area (Å²) in [5.41, 5.74) is 1.09. The summed E-state index contributed by atoms with van der Waals surface area (Å²) in [7, 11) is 0. The Hall–Kier alpha value is -1.61. The Kier molecular flexibility index (Phi) is 5.16.